The summed E-state index contributed by atoms with van der Waals surface area (Å²) in [6.45, 7) is 1.23. The van der Waals surface area contributed by atoms with E-state index in [-0.39, 0.29) is 11.5 Å². The molecule has 2 N–H and O–H groups in total. The molecule has 0 spiro atoms. The van der Waals surface area contributed by atoms with Crippen molar-refractivity contribution in [2.75, 3.05) is 25.9 Å². The van der Waals surface area contributed by atoms with E-state index in [0.717, 1.165) is 31.4 Å². The van der Waals surface area contributed by atoms with E-state index in [1.54, 1.807) is 4.90 Å². The molecule has 21 heavy (non-hydrogen) atoms. The third-order valence-electron chi connectivity index (χ3n) is 4.76. The number of rotatable bonds is 1. The quantitative estimate of drug-likeness (QED) is 0.805. The second kappa shape index (κ2) is 5.26. The number of nitrogen functional groups attached to an aromatic ring is 1. The van der Waals surface area contributed by atoms with Crippen molar-refractivity contribution in [3.63, 3.8) is 0 Å². The third-order valence-corrected chi connectivity index (χ3v) is 4.76. The van der Waals surface area contributed by atoms with Gasteiger partial charge in [-0.2, -0.15) is 0 Å². The predicted molar refractivity (Wildman–Crippen MR) is 75.9 cm³/mol. The second-order valence-corrected chi connectivity index (χ2v) is 5.94. The number of halogens is 2. The summed E-state index contributed by atoms with van der Waals surface area (Å²) in [7, 11) is 2.08. The van der Waals surface area contributed by atoms with Gasteiger partial charge in [0.25, 0.3) is 5.91 Å². The Kier molecular flexibility index (Phi) is 3.57. The first-order chi connectivity index (χ1) is 9.97. The molecule has 1 aromatic rings. The van der Waals surface area contributed by atoms with E-state index in [1.165, 1.54) is 0 Å². The summed E-state index contributed by atoms with van der Waals surface area (Å²) in [5.74, 6) is -2.09. The Morgan fingerprint density at radius 3 is 2.48 bits per heavy atom. The number of nitrogens with two attached hydrogens (primary N) is 1. The van der Waals surface area contributed by atoms with Crippen LogP contribution in [0.1, 0.15) is 29.6 Å². The SMILES string of the molecule is CN1C2CCC1CN(C(=O)c1cc(F)c(N)c(F)c1)CC2. The Morgan fingerprint density at radius 1 is 1.19 bits per heavy atom. The van der Waals surface area contributed by atoms with Crippen LogP contribution in [-0.4, -0.2) is 47.9 Å². The van der Waals surface area contributed by atoms with Crippen molar-refractivity contribution in [3.05, 3.63) is 29.3 Å². The van der Waals surface area contributed by atoms with E-state index in [0.29, 0.717) is 25.2 Å². The van der Waals surface area contributed by atoms with Gasteiger partial charge in [0.05, 0.1) is 0 Å². The zero-order chi connectivity index (χ0) is 15.1. The molecule has 0 saturated carbocycles. The number of anilines is 1. The highest BCUT2D eigenvalue weighted by atomic mass is 19.1. The maximum absolute atomic E-state index is 13.5. The van der Waals surface area contributed by atoms with Gasteiger partial charge >= 0.3 is 0 Å². The Labute approximate surface area is 122 Å². The van der Waals surface area contributed by atoms with Crippen molar-refractivity contribution >= 4 is 11.6 Å². The molecular weight excluding hydrogens is 276 g/mol. The summed E-state index contributed by atoms with van der Waals surface area (Å²) < 4.78 is 27.0. The first-order valence-corrected chi connectivity index (χ1v) is 7.23. The zero-order valence-corrected chi connectivity index (χ0v) is 12.0. The van der Waals surface area contributed by atoms with Crippen molar-refractivity contribution in [3.8, 4) is 0 Å². The summed E-state index contributed by atoms with van der Waals surface area (Å²) >= 11 is 0. The average molecular weight is 295 g/mol. The third kappa shape index (κ3) is 2.48. The van der Waals surface area contributed by atoms with Crippen LogP contribution in [0.15, 0.2) is 12.1 Å². The van der Waals surface area contributed by atoms with E-state index in [2.05, 4.69) is 11.9 Å². The van der Waals surface area contributed by atoms with Crippen molar-refractivity contribution in [2.45, 2.75) is 31.3 Å². The topological polar surface area (TPSA) is 49.6 Å². The van der Waals surface area contributed by atoms with Crippen LogP contribution in [0.5, 0.6) is 0 Å². The molecule has 1 aromatic carbocycles. The number of carbonyl (C=O) groups is 1. The van der Waals surface area contributed by atoms with E-state index >= 15 is 0 Å². The fourth-order valence-electron chi connectivity index (χ4n) is 3.38. The molecule has 2 aliphatic rings. The highest BCUT2D eigenvalue weighted by Gasteiger charge is 2.36. The van der Waals surface area contributed by atoms with Gasteiger partial charge in [0.15, 0.2) is 0 Å². The van der Waals surface area contributed by atoms with Gasteiger partial charge in [0.2, 0.25) is 0 Å². The number of carbonyl (C=O) groups excluding carboxylic acids is 1. The van der Waals surface area contributed by atoms with Crippen LogP contribution in [0, 0.1) is 11.6 Å². The van der Waals surface area contributed by atoms with E-state index in [4.69, 9.17) is 5.73 Å². The maximum atomic E-state index is 13.5. The van der Waals surface area contributed by atoms with Crippen LogP contribution in [0.3, 0.4) is 0 Å². The first kappa shape index (κ1) is 14.3. The van der Waals surface area contributed by atoms with Crippen LogP contribution in [0.2, 0.25) is 0 Å². The molecule has 6 heteroatoms. The van der Waals surface area contributed by atoms with Gasteiger partial charge in [-0.3, -0.25) is 9.69 Å². The van der Waals surface area contributed by atoms with Gasteiger partial charge in [0.1, 0.15) is 17.3 Å². The van der Waals surface area contributed by atoms with Crippen LogP contribution in [-0.2, 0) is 0 Å². The van der Waals surface area contributed by atoms with E-state index < -0.39 is 17.3 Å². The van der Waals surface area contributed by atoms with Crippen LogP contribution >= 0.6 is 0 Å². The fourth-order valence-corrected chi connectivity index (χ4v) is 3.38. The van der Waals surface area contributed by atoms with Crippen molar-refractivity contribution < 1.29 is 13.6 Å². The Hall–Kier alpha value is -1.69. The molecule has 3 rings (SSSR count). The van der Waals surface area contributed by atoms with E-state index in [1.807, 2.05) is 0 Å². The van der Waals surface area contributed by atoms with Gasteiger partial charge < -0.3 is 10.6 Å². The minimum Gasteiger partial charge on any atom is -0.394 e. The normalized spacial score (nSPS) is 26.0. The standard InChI is InChI=1S/C15H19F2N3O/c1-19-10-2-3-11(19)8-20(5-4-10)15(21)9-6-12(16)14(18)13(17)7-9/h6-7,10-11H,2-5,8,18H2,1H3. The van der Waals surface area contributed by atoms with Gasteiger partial charge in [0, 0.05) is 30.7 Å². The minimum absolute atomic E-state index is 0.0274. The molecule has 2 atom stereocenters. The summed E-state index contributed by atoms with van der Waals surface area (Å²) in [4.78, 5) is 16.5. The highest BCUT2D eigenvalue weighted by Crippen LogP contribution is 2.29. The number of likely N-dealkylation sites (N-methyl/N-ethyl adjacent to an activating group) is 1. The van der Waals surface area contributed by atoms with Gasteiger partial charge in [-0.1, -0.05) is 0 Å². The lowest BCUT2D eigenvalue weighted by Gasteiger charge is -2.26. The molecule has 2 bridgehead atoms. The summed E-state index contributed by atoms with van der Waals surface area (Å²) in [6, 6.07) is 2.89. The number of amides is 1. The number of hydrogen-bond donors (Lipinski definition) is 1. The van der Waals surface area contributed by atoms with Gasteiger partial charge in [-0.25, -0.2) is 8.78 Å². The molecule has 114 valence electrons. The van der Waals surface area contributed by atoms with Gasteiger partial charge in [-0.15, -0.1) is 0 Å². The van der Waals surface area contributed by atoms with Crippen molar-refractivity contribution in [1.29, 1.82) is 0 Å². The molecule has 0 aliphatic carbocycles. The average Bonchev–Trinajstić information content (AvgIpc) is 2.68. The Morgan fingerprint density at radius 2 is 1.81 bits per heavy atom. The smallest absolute Gasteiger partial charge is 0.254 e. The Balaban J connectivity index is 1.82. The highest BCUT2D eigenvalue weighted by molar-refractivity contribution is 5.94. The molecule has 0 aromatic heterocycles. The summed E-state index contributed by atoms with van der Waals surface area (Å²) in [5, 5.41) is 0. The van der Waals surface area contributed by atoms with Crippen LogP contribution < -0.4 is 5.73 Å². The Bertz CT molecular complexity index is 555. The molecule has 2 fully saturated rings. The fraction of sp³-hybridized carbons (Fsp3) is 0.533. The van der Waals surface area contributed by atoms with Crippen LogP contribution in [0.25, 0.3) is 0 Å². The number of hydrogen-bond acceptors (Lipinski definition) is 3. The molecule has 1 amide bonds. The van der Waals surface area contributed by atoms with Crippen molar-refractivity contribution in [2.24, 2.45) is 0 Å². The first-order valence-electron chi connectivity index (χ1n) is 7.23. The van der Waals surface area contributed by atoms with Crippen LogP contribution in [0.4, 0.5) is 14.5 Å². The minimum atomic E-state index is -0.883. The monoisotopic (exact) mass is 295 g/mol. The second-order valence-electron chi connectivity index (χ2n) is 5.94. The molecule has 4 nitrogen and oxygen atoms in total. The lowest BCUT2D eigenvalue weighted by atomic mass is 10.1. The number of fused-ring (bicyclic) bond motifs is 2. The number of likely N-dealkylation sites (tertiary alicyclic amines) is 1. The molecule has 2 saturated heterocycles. The lowest BCUT2D eigenvalue weighted by Crippen LogP contribution is -2.39. The molecule has 2 heterocycles. The van der Waals surface area contributed by atoms with Gasteiger partial charge in [-0.05, 0) is 38.4 Å². The zero-order valence-electron chi connectivity index (χ0n) is 12.0. The molecular formula is C15H19F2N3O. The molecule has 2 unspecified atom stereocenters. The van der Waals surface area contributed by atoms with Crippen molar-refractivity contribution in [1.82, 2.24) is 9.80 Å². The molecule has 0 radical (unpaired) electrons. The summed E-state index contributed by atoms with van der Waals surface area (Å²) in [6.07, 6.45) is 3.13. The lowest BCUT2D eigenvalue weighted by molar-refractivity contribution is 0.0739. The number of nitrogens with zero attached hydrogens (tertiary/aromatic N) is 2. The predicted octanol–water partition coefficient (Wildman–Crippen LogP) is 1.86. The molecule has 2 aliphatic heterocycles. The largest absolute Gasteiger partial charge is 0.394 e. The summed E-state index contributed by atoms with van der Waals surface area (Å²) in [5.41, 5.74) is 4.73. The number of benzene rings is 1. The van der Waals surface area contributed by atoms with E-state index in [9.17, 15) is 13.6 Å². The maximum Gasteiger partial charge on any atom is 0.254 e.